The number of aromatic nitrogens is 8. The van der Waals surface area contributed by atoms with E-state index in [1.54, 1.807) is 194 Å². The van der Waals surface area contributed by atoms with Gasteiger partial charge in [-0.15, -0.1) is 0 Å². The average Bonchev–Trinajstić information content (AvgIpc) is 0.820. The van der Waals surface area contributed by atoms with Gasteiger partial charge in [-0.3, -0.25) is 38.4 Å². The van der Waals surface area contributed by atoms with Crippen LogP contribution in [0, 0.1) is 0 Å². The van der Waals surface area contributed by atoms with Gasteiger partial charge in [-0.2, -0.15) is 0 Å². The molecule has 0 saturated heterocycles. The van der Waals surface area contributed by atoms with Crippen molar-refractivity contribution in [3.8, 4) is 44.5 Å². The Morgan fingerprint density at radius 1 is 0.147 bits per heavy atom. The fourth-order valence-corrected chi connectivity index (χ4v) is 11.3. The number of halogens is 8. The molecule has 0 amide bonds. The highest BCUT2D eigenvalue weighted by atomic mass is 35.5. The highest BCUT2D eigenvalue weighted by molar-refractivity contribution is 6.32. The number of hydrogen-bond acceptors (Lipinski definition) is 16. The quantitative estimate of drug-likeness (QED) is 0.0540. The van der Waals surface area contributed by atoms with Crippen molar-refractivity contribution in [3.05, 3.63) is 508 Å². The number of benzene rings is 8. The van der Waals surface area contributed by atoms with Crippen molar-refractivity contribution in [3.63, 3.8) is 0 Å². The molecule has 0 aliphatic heterocycles. The maximum Gasteiger partial charge on any atom is 0.336 e. The second-order valence-electron chi connectivity index (χ2n) is 25.8. The zero-order chi connectivity index (χ0) is 100. The standard InChI is InChI=1S/4C14H10O4.8C5H4ClNO/c4*15-13(16)11-7-3-1-5-9(11)10-6-2-4-8-12(10)14(17)18;8*6-4-1-2-5(8)7-3-4/h4*1-8H,(H,15,16)(H,17,18);8*1-3H,(H,7,8). The van der Waals surface area contributed by atoms with E-state index in [-0.39, 0.29) is 89.0 Å². The summed E-state index contributed by atoms with van der Waals surface area (Å²) in [5.41, 5.74) is 2.92. The molecule has 32 nitrogen and oxygen atoms in total. The van der Waals surface area contributed by atoms with E-state index >= 15 is 0 Å². The third-order valence-electron chi connectivity index (χ3n) is 16.4. The van der Waals surface area contributed by atoms with Crippen LogP contribution in [0.1, 0.15) is 82.9 Å². The lowest BCUT2D eigenvalue weighted by molar-refractivity contribution is 0.0684. The van der Waals surface area contributed by atoms with Gasteiger partial charge in [0.15, 0.2) is 0 Å². The molecule has 0 aliphatic rings. The number of pyridine rings is 8. The lowest BCUT2D eigenvalue weighted by Crippen LogP contribution is -2.03. The number of hydrogen-bond donors (Lipinski definition) is 16. The largest absolute Gasteiger partial charge is 0.478 e. The Morgan fingerprint density at radius 2 is 0.235 bits per heavy atom. The molecule has 0 aliphatic carbocycles. The number of nitrogens with one attached hydrogen (secondary N) is 8. The van der Waals surface area contributed by atoms with E-state index in [0.29, 0.717) is 84.7 Å². The number of H-pyrrole nitrogens is 8. The van der Waals surface area contributed by atoms with E-state index in [1.165, 1.54) is 147 Å². The molecular weight excluding hydrogens is 1930 g/mol. The fourth-order valence-electron chi connectivity index (χ4n) is 10.4. The molecule has 0 saturated carbocycles. The normalized spacial score (nSPS) is 9.59. The first-order chi connectivity index (χ1) is 64.7. The summed E-state index contributed by atoms with van der Waals surface area (Å²) < 4.78 is 0. The Kier molecular flexibility index (Phi) is 47.1. The fraction of sp³-hybridized carbons (Fsp3) is 0. The summed E-state index contributed by atoms with van der Waals surface area (Å²) in [4.78, 5) is 191. The van der Waals surface area contributed by atoms with E-state index in [4.69, 9.17) is 134 Å². The van der Waals surface area contributed by atoms with Gasteiger partial charge < -0.3 is 80.7 Å². The van der Waals surface area contributed by atoms with Crippen LogP contribution in [0.4, 0.5) is 0 Å². The van der Waals surface area contributed by atoms with Crippen molar-refractivity contribution in [2.75, 3.05) is 0 Å². The molecule has 0 bridgehead atoms. The molecular formula is C96H72Cl8N8O24. The van der Waals surface area contributed by atoms with Crippen LogP contribution in [0.2, 0.25) is 40.2 Å². The second kappa shape index (κ2) is 58.3. The highest BCUT2D eigenvalue weighted by Crippen LogP contribution is 2.32. The molecule has 0 spiro atoms. The average molecular weight is 2010 g/mol. The summed E-state index contributed by atoms with van der Waals surface area (Å²) in [5.74, 6) is -8.62. The first-order valence-corrected chi connectivity index (χ1v) is 41.1. The van der Waals surface area contributed by atoms with E-state index in [0.717, 1.165) is 0 Å². The summed E-state index contributed by atoms with van der Waals surface area (Å²) in [6.07, 6.45) is 11.6. The van der Waals surface area contributed by atoms with Crippen molar-refractivity contribution in [1.82, 2.24) is 39.9 Å². The van der Waals surface area contributed by atoms with E-state index in [9.17, 15) is 76.7 Å². The maximum atomic E-state index is 11.1. The van der Waals surface area contributed by atoms with Gasteiger partial charge in [-0.05, 0) is 142 Å². The van der Waals surface area contributed by atoms with Crippen LogP contribution in [-0.2, 0) is 0 Å². The summed E-state index contributed by atoms with van der Waals surface area (Å²) >= 11 is 43.5. The minimum absolute atomic E-state index is 0.0891. The molecule has 0 radical (unpaired) electrons. The Labute approximate surface area is 806 Å². The number of rotatable bonds is 12. The van der Waals surface area contributed by atoms with E-state index in [1.807, 2.05) is 0 Å². The smallest absolute Gasteiger partial charge is 0.336 e. The number of carboxylic acid groups (broad SMARTS) is 8. The maximum absolute atomic E-state index is 11.1. The molecule has 16 rings (SSSR count). The zero-order valence-corrected chi connectivity index (χ0v) is 75.5. The minimum atomic E-state index is -1.08. The number of aromatic amines is 8. The molecule has 0 unspecified atom stereocenters. The zero-order valence-electron chi connectivity index (χ0n) is 69.5. The Morgan fingerprint density at radius 3 is 0.301 bits per heavy atom. The van der Waals surface area contributed by atoms with Gasteiger partial charge >= 0.3 is 47.8 Å². The Hall–Kier alpha value is -16.6. The molecule has 16 aromatic rings. The van der Waals surface area contributed by atoms with Gasteiger partial charge in [0.2, 0.25) is 44.5 Å². The van der Waals surface area contributed by atoms with Crippen LogP contribution in [0.3, 0.4) is 0 Å². The van der Waals surface area contributed by atoms with Crippen LogP contribution < -0.4 is 44.5 Å². The predicted octanol–water partition coefficient (Wildman–Crippen LogP) is 19.2. The molecule has 8 aromatic heterocycles. The van der Waals surface area contributed by atoms with Crippen LogP contribution in [-0.4, -0.2) is 128 Å². The SMILES string of the molecule is O=C(O)c1ccccc1-c1ccccc1C(=O)O.O=C(O)c1ccccc1-c1ccccc1C(=O)O.O=C(O)c1ccccc1-c1ccccc1C(=O)O.O=C(O)c1ccccc1-c1ccccc1C(=O)O.O=c1ccc(Cl)c[nH]1.O=c1ccc(Cl)c[nH]1.O=c1ccc(Cl)c[nH]1.O=c1ccc(Cl)c[nH]1.O=c1ccc(Cl)c[nH]1.O=c1ccc(Cl)c[nH]1.O=c1ccc(Cl)c[nH]1.O=c1ccc(Cl)c[nH]1. The molecule has 8 heterocycles. The first-order valence-electron chi connectivity index (χ1n) is 38.1. The lowest BCUT2D eigenvalue weighted by atomic mass is 9.95. The molecule has 136 heavy (non-hydrogen) atoms. The summed E-state index contributed by atoms with van der Waals surface area (Å²) in [7, 11) is 0. The Bertz CT molecular complexity index is 5860. The van der Waals surface area contributed by atoms with Gasteiger partial charge in [0.25, 0.3) is 0 Å². The second-order valence-corrected chi connectivity index (χ2v) is 29.3. The summed E-state index contributed by atoms with van der Waals surface area (Å²) in [6, 6.07) is 74.1. The van der Waals surface area contributed by atoms with Gasteiger partial charge in [0.1, 0.15) is 0 Å². The highest BCUT2D eigenvalue weighted by Gasteiger charge is 2.21. The number of carboxylic acids is 8. The number of carbonyl (C=O) groups is 8. The predicted molar refractivity (Wildman–Crippen MR) is 520 cm³/mol. The van der Waals surface area contributed by atoms with Crippen LogP contribution in [0.5, 0.6) is 0 Å². The van der Waals surface area contributed by atoms with Gasteiger partial charge in [0, 0.05) is 98.1 Å². The molecule has 696 valence electrons. The third-order valence-corrected chi connectivity index (χ3v) is 18.3. The molecule has 0 fully saturated rings. The molecule has 0 atom stereocenters. The van der Waals surface area contributed by atoms with Crippen molar-refractivity contribution in [1.29, 1.82) is 0 Å². The molecule has 40 heteroatoms. The van der Waals surface area contributed by atoms with Crippen LogP contribution in [0.25, 0.3) is 44.5 Å². The van der Waals surface area contributed by atoms with E-state index < -0.39 is 47.8 Å². The van der Waals surface area contributed by atoms with Crippen molar-refractivity contribution in [2.45, 2.75) is 0 Å². The Balaban J connectivity index is 0.000000267. The van der Waals surface area contributed by atoms with Gasteiger partial charge in [-0.25, -0.2) is 38.4 Å². The monoisotopic (exact) mass is 2000 g/mol. The first kappa shape index (κ1) is 110. The van der Waals surface area contributed by atoms with Crippen molar-refractivity contribution in [2.24, 2.45) is 0 Å². The van der Waals surface area contributed by atoms with Gasteiger partial charge in [0.05, 0.1) is 84.7 Å². The van der Waals surface area contributed by atoms with Crippen molar-refractivity contribution >= 4 is 141 Å². The number of aromatic carboxylic acids is 8. The molecule has 8 aromatic carbocycles. The van der Waals surface area contributed by atoms with Crippen LogP contribution >= 0.6 is 92.8 Å². The van der Waals surface area contributed by atoms with Gasteiger partial charge in [-0.1, -0.05) is 238 Å². The minimum Gasteiger partial charge on any atom is -0.478 e. The topological polar surface area (TPSA) is 561 Å². The third kappa shape index (κ3) is 40.0. The van der Waals surface area contributed by atoms with Crippen LogP contribution in [0.15, 0.2) is 379 Å². The summed E-state index contributed by atoms with van der Waals surface area (Å²) in [5, 5.41) is 77.2. The molecule has 16 N–H and O–H groups in total. The lowest BCUT2D eigenvalue weighted by Gasteiger charge is -2.08. The van der Waals surface area contributed by atoms with E-state index in [2.05, 4.69) is 39.9 Å². The summed E-state index contributed by atoms with van der Waals surface area (Å²) in [6.45, 7) is 0. The van der Waals surface area contributed by atoms with Crippen molar-refractivity contribution < 1.29 is 79.2 Å².